The molecular weight excluding hydrogens is 369 g/mol. The molecule has 1 amide bonds. The Labute approximate surface area is 157 Å². The molecule has 0 saturated carbocycles. The van der Waals surface area contributed by atoms with E-state index in [2.05, 4.69) is 31.6 Å². The van der Waals surface area contributed by atoms with Crippen molar-refractivity contribution in [1.29, 1.82) is 0 Å². The molecule has 1 aliphatic heterocycles. The van der Waals surface area contributed by atoms with Crippen molar-refractivity contribution in [3.63, 3.8) is 0 Å². The lowest BCUT2D eigenvalue weighted by molar-refractivity contribution is -0.114. The third-order valence-corrected chi connectivity index (χ3v) is 4.43. The standard InChI is InChI=1S/C15H19N5OS.2ClH/c1-11(21)18-15-19-13(10-22-15)9-20-6-5-17-8-14(20)12-3-2-4-16-7-12;;/h2-4,7,10,14,17H,5-6,8-9H2,1H3,(H,18,19,21);2*1H. The molecule has 0 aliphatic carbocycles. The predicted octanol–water partition coefficient (Wildman–Crippen LogP) is 2.49. The number of carbonyl (C=O) groups is 1. The van der Waals surface area contributed by atoms with E-state index in [1.165, 1.54) is 23.8 Å². The van der Waals surface area contributed by atoms with Gasteiger partial charge in [-0.25, -0.2) is 4.98 Å². The van der Waals surface area contributed by atoms with Crippen LogP contribution in [-0.4, -0.2) is 40.4 Å². The SMILES string of the molecule is CC(=O)Nc1nc(CN2CCNCC2c2cccnc2)cs1.Cl.Cl. The quantitative estimate of drug-likeness (QED) is 0.840. The first-order chi connectivity index (χ1) is 10.7. The number of amides is 1. The average Bonchev–Trinajstić information content (AvgIpc) is 2.95. The van der Waals surface area contributed by atoms with Crippen molar-refractivity contribution in [3.05, 3.63) is 41.2 Å². The van der Waals surface area contributed by atoms with E-state index in [-0.39, 0.29) is 30.7 Å². The molecule has 2 N–H and O–H groups in total. The number of anilines is 1. The summed E-state index contributed by atoms with van der Waals surface area (Å²) in [6.07, 6.45) is 3.72. The minimum atomic E-state index is -0.0868. The van der Waals surface area contributed by atoms with E-state index >= 15 is 0 Å². The molecule has 2 aromatic heterocycles. The summed E-state index contributed by atoms with van der Waals surface area (Å²) in [5.74, 6) is -0.0868. The Balaban J connectivity index is 0.00000144. The molecule has 1 aliphatic rings. The maximum Gasteiger partial charge on any atom is 0.223 e. The minimum Gasteiger partial charge on any atom is -0.314 e. The first kappa shape index (κ1) is 20.8. The third-order valence-electron chi connectivity index (χ3n) is 3.62. The monoisotopic (exact) mass is 389 g/mol. The van der Waals surface area contributed by atoms with Gasteiger partial charge in [0, 0.05) is 56.9 Å². The lowest BCUT2D eigenvalue weighted by atomic mass is 10.1. The van der Waals surface area contributed by atoms with Gasteiger partial charge in [-0.15, -0.1) is 36.2 Å². The van der Waals surface area contributed by atoms with Gasteiger partial charge < -0.3 is 10.6 Å². The van der Waals surface area contributed by atoms with Crippen LogP contribution in [0.15, 0.2) is 29.9 Å². The van der Waals surface area contributed by atoms with Crippen LogP contribution in [-0.2, 0) is 11.3 Å². The van der Waals surface area contributed by atoms with Gasteiger partial charge in [0.25, 0.3) is 0 Å². The zero-order chi connectivity index (χ0) is 15.4. The Bertz CT molecular complexity index is 640. The van der Waals surface area contributed by atoms with Gasteiger partial charge in [-0.3, -0.25) is 14.7 Å². The van der Waals surface area contributed by atoms with Crippen LogP contribution >= 0.6 is 36.2 Å². The number of hydrogen-bond donors (Lipinski definition) is 2. The van der Waals surface area contributed by atoms with Gasteiger partial charge in [-0.1, -0.05) is 6.07 Å². The summed E-state index contributed by atoms with van der Waals surface area (Å²) >= 11 is 1.47. The maximum absolute atomic E-state index is 11.1. The highest BCUT2D eigenvalue weighted by Gasteiger charge is 2.24. The highest BCUT2D eigenvalue weighted by molar-refractivity contribution is 7.13. The maximum atomic E-state index is 11.1. The summed E-state index contributed by atoms with van der Waals surface area (Å²) in [7, 11) is 0. The number of nitrogens with zero attached hydrogens (tertiary/aromatic N) is 3. The first-order valence-corrected chi connectivity index (χ1v) is 8.17. The van der Waals surface area contributed by atoms with Crippen LogP contribution < -0.4 is 10.6 Å². The predicted molar refractivity (Wildman–Crippen MR) is 101 cm³/mol. The van der Waals surface area contributed by atoms with Gasteiger partial charge in [0.05, 0.1) is 5.69 Å². The van der Waals surface area contributed by atoms with Gasteiger partial charge >= 0.3 is 0 Å². The molecule has 0 bridgehead atoms. The van der Waals surface area contributed by atoms with Gasteiger partial charge in [-0.05, 0) is 11.6 Å². The number of halogens is 2. The van der Waals surface area contributed by atoms with Gasteiger partial charge in [0.15, 0.2) is 5.13 Å². The van der Waals surface area contributed by atoms with E-state index in [4.69, 9.17) is 0 Å². The number of carbonyl (C=O) groups excluding carboxylic acids is 1. The molecule has 3 heterocycles. The minimum absolute atomic E-state index is 0. The van der Waals surface area contributed by atoms with Crippen LogP contribution in [0.5, 0.6) is 0 Å². The van der Waals surface area contributed by atoms with Crippen LogP contribution in [0, 0.1) is 0 Å². The third kappa shape index (κ3) is 5.39. The molecule has 1 fully saturated rings. The number of hydrogen-bond acceptors (Lipinski definition) is 6. The molecule has 24 heavy (non-hydrogen) atoms. The Morgan fingerprint density at radius 2 is 2.33 bits per heavy atom. The van der Waals surface area contributed by atoms with Crippen LogP contribution in [0.1, 0.15) is 24.2 Å². The van der Waals surface area contributed by atoms with Gasteiger partial charge in [0.2, 0.25) is 5.91 Å². The van der Waals surface area contributed by atoms with E-state index in [0.717, 1.165) is 31.9 Å². The topological polar surface area (TPSA) is 70.2 Å². The van der Waals surface area contributed by atoms with Crippen LogP contribution in [0.4, 0.5) is 5.13 Å². The Morgan fingerprint density at radius 1 is 1.50 bits per heavy atom. The smallest absolute Gasteiger partial charge is 0.223 e. The molecule has 3 rings (SSSR count). The van der Waals surface area contributed by atoms with Crippen molar-refractivity contribution in [3.8, 4) is 0 Å². The highest BCUT2D eigenvalue weighted by Crippen LogP contribution is 2.25. The molecule has 0 radical (unpaired) electrons. The summed E-state index contributed by atoms with van der Waals surface area (Å²) < 4.78 is 0. The number of pyridine rings is 1. The molecule has 0 aromatic carbocycles. The van der Waals surface area contributed by atoms with E-state index in [1.54, 1.807) is 6.20 Å². The highest BCUT2D eigenvalue weighted by atomic mass is 35.5. The first-order valence-electron chi connectivity index (χ1n) is 7.29. The number of rotatable bonds is 4. The number of nitrogens with one attached hydrogen (secondary N) is 2. The lowest BCUT2D eigenvalue weighted by Gasteiger charge is -2.35. The Kier molecular flexibility index (Phi) is 8.58. The number of piperazine rings is 1. The largest absolute Gasteiger partial charge is 0.314 e. The van der Waals surface area contributed by atoms with Crippen LogP contribution in [0.3, 0.4) is 0 Å². The summed E-state index contributed by atoms with van der Waals surface area (Å²) in [5, 5.41) is 8.84. The van der Waals surface area contributed by atoms with Gasteiger partial charge in [0.1, 0.15) is 0 Å². The van der Waals surface area contributed by atoms with Gasteiger partial charge in [-0.2, -0.15) is 0 Å². The van der Waals surface area contributed by atoms with Crippen molar-refractivity contribution >= 4 is 47.2 Å². The Hall–Kier alpha value is -1.25. The summed E-state index contributed by atoms with van der Waals surface area (Å²) in [4.78, 5) is 22.2. The summed E-state index contributed by atoms with van der Waals surface area (Å²) in [5.41, 5.74) is 2.21. The van der Waals surface area contributed by atoms with Crippen LogP contribution in [0.2, 0.25) is 0 Å². The molecule has 2 aromatic rings. The zero-order valence-corrected chi connectivity index (χ0v) is 15.7. The fourth-order valence-electron chi connectivity index (χ4n) is 2.63. The average molecular weight is 390 g/mol. The summed E-state index contributed by atoms with van der Waals surface area (Å²) in [6.45, 7) is 5.12. The molecule has 1 unspecified atom stereocenters. The second-order valence-electron chi connectivity index (χ2n) is 5.30. The van der Waals surface area contributed by atoms with Crippen LogP contribution in [0.25, 0.3) is 0 Å². The second kappa shape index (κ2) is 9.90. The number of aromatic nitrogens is 2. The molecule has 6 nitrogen and oxygen atoms in total. The zero-order valence-electron chi connectivity index (χ0n) is 13.3. The second-order valence-corrected chi connectivity index (χ2v) is 6.16. The van der Waals surface area contributed by atoms with E-state index in [0.29, 0.717) is 11.2 Å². The van der Waals surface area contributed by atoms with Crippen molar-refractivity contribution in [2.75, 3.05) is 25.0 Å². The van der Waals surface area contributed by atoms with E-state index in [1.807, 2.05) is 17.6 Å². The summed E-state index contributed by atoms with van der Waals surface area (Å²) in [6, 6.07) is 4.38. The van der Waals surface area contributed by atoms with Crippen molar-refractivity contribution in [2.24, 2.45) is 0 Å². The number of thiazole rings is 1. The molecule has 9 heteroatoms. The fraction of sp³-hybridized carbons (Fsp3) is 0.400. The molecule has 132 valence electrons. The van der Waals surface area contributed by atoms with Crippen molar-refractivity contribution in [1.82, 2.24) is 20.2 Å². The normalized spacial score (nSPS) is 17.5. The molecular formula is C15H21Cl2N5OS. The van der Waals surface area contributed by atoms with E-state index in [9.17, 15) is 4.79 Å². The fourth-order valence-corrected chi connectivity index (χ4v) is 3.38. The molecule has 0 spiro atoms. The Morgan fingerprint density at radius 3 is 3.04 bits per heavy atom. The van der Waals surface area contributed by atoms with E-state index < -0.39 is 0 Å². The molecule has 1 atom stereocenters. The lowest BCUT2D eigenvalue weighted by Crippen LogP contribution is -2.45. The van der Waals surface area contributed by atoms with Crippen molar-refractivity contribution in [2.45, 2.75) is 19.5 Å². The molecule has 1 saturated heterocycles. The van der Waals surface area contributed by atoms with Crippen molar-refractivity contribution < 1.29 is 4.79 Å².